The molecule has 0 unspecified atom stereocenters. The van der Waals surface area contributed by atoms with E-state index in [0.29, 0.717) is 0 Å². The fourth-order valence-corrected chi connectivity index (χ4v) is 0.628. The minimum atomic E-state index is -1.09. The molecule has 0 fully saturated rings. The third kappa shape index (κ3) is 1.43. The smallest absolute Gasteiger partial charge is 0.342 e. The number of carboxylic acid groups (broad SMARTS) is 1. The molecular formula is C6H6N2O3. The molecule has 0 radical (unpaired) electrons. The van der Waals surface area contributed by atoms with Crippen molar-refractivity contribution in [3.05, 3.63) is 18.1 Å². The standard InChI is InChI=1S/C6H6N2O3/c1-11-5-4(6(9)10)2-7-3-8-5/h2-3H,1H3,(H,9,10). The zero-order chi connectivity index (χ0) is 8.27. The Balaban J connectivity index is 3.12. The quantitative estimate of drug-likeness (QED) is 0.657. The van der Waals surface area contributed by atoms with Crippen LogP contribution in [0.1, 0.15) is 10.4 Å². The molecule has 0 saturated carbocycles. The van der Waals surface area contributed by atoms with Crippen molar-refractivity contribution in [3.8, 4) is 5.88 Å². The molecule has 0 spiro atoms. The van der Waals surface area contributed by atoms with Gasteiger partial charge >= 0.3 is 5.97 Å². The Bertz CT molecular complexity index is 274. The van der Waals surface area contributed by atoms with E-state index >= 15 is 0 Å². The molecule has 0 aromatic carbocycles. The fraction of sp³-hybridized carbons (Fsp3) is 0.167. The predicted molar refractivity (Wildman–Crippen MR) is 35.5 cm³/mol. The number of nitrogens with zero attached hydrogens (tertiary/aromatic N) is 2. The number of carboxylic acids is 1. The number of rotatable bonds is 2. The zero-order valence-corrected chi connectivity index (χ0v) is 5.81. The predicted octanol–water partition coefficient (Wildman–Crippen LogP) is 0.183. The highest BCUT2D eigenvalue weighted by molar-refractivity contribution is 5.89. The minimum absolute atomic E-state index is 0.0324. The SMILES string of the molecule is COc1ncncc1C(=O)O. The average Bonchev–Trinajstić information content (AvgIpc) is 2.04. The molecule has 0 aliphatic carbocycles. The van der Waals surface area contributed by atoms with Gasteiger partial charge in [0.1, 0.15) is 11.9 Å². The van der Waals surface area contributed by atoms with Crippen molar-refractivity contribution in [3.63, 3.8) is 0 Å². The van der Waals surface area contributed by atoms with Gasteiger partial charge in [0.25, 0.3) is 0 Å². The Labute approximate surface area is 62.7 Å². The highest BCUT2D eigenvalue weighted by atomic mass is 16.5. The molecule has 5 heteroatoms. The molecule has 0 amide bonds. The summed E-state index contributed by atoms with van der Waals surface area (Å²) in [7, 11) is 1.36. The molecule has 58 valence electrons. The van der Waals surface area contributed by atoms with E-state index in [1.165, 1.54) is 19.6 Å². The Morgan fingerprint density at radius 1 is 1.73 bits per heavy atom. The maximum absolute atomic E-state index is 10.4. The Morgan fingerprint density at radius 2 is 2.45 bits per heavy atom. The summed E-state index contributed by atoms with van der Waals surface area (Å²) >= 11 is 0. The van der Waals surface area contributed by atoms with E-state index in [2.05, 4.69) is 14.7 Å². The van der Waals surface area contributed by atoms with Gasteiger partial charge < -0.3 is 9.84 Å². The average molecular weight is 154 g/mol. The van der Waals surface area contributed by atoms with Crippen molar-refractivity contribution >= 4 is 5.97 Å². The first kappa shape index (κ1) is 7.46. The summed E-state index contributed by atoms with van der Waals surface area (Å²) in [5.41, 5.74) is -0.0324. The number of hydrogen-bond acceptors (Lipinski definition) is 4. The van der Waals surface area contributed by atoms with Crippen LogP contribution in [0.15, 0.2) is 12.5 Å². The molecule has 0 aliphatic heterocycles. The second kappa shape index (κ2) is 2.96. The normalized spacial score (nSPS) is 9.18. The maximum atomic E-state index is 10.4. The second-order valence-corrected chi connectivity index (χ2v) is 1.75. The molecule has 1 aromatic rings. The molecule has 1 N–H and O–H groups in total. The van der Waals surface area contributed by atoms with Crippen LogP contribution in [-0.4, -0.2) is 28.2 Å². The van der Waals surface area contributed by atoms with Gasteiger partial charge in [0.2, 0.25) is 5.88 Å². The van der Waals surface area contributed by atoms with Crippen LogP contribution in [0.2, 0.25) is 0 Å². The lowest BCUT2D eigenvalue weighted by atomic mass is 10.3. The lowest BCUT2D eigenvalue weighted by Crippen LogP contribution is -2.02. The van der Waals surface area contributed by atoms with Crippen molar-refractivity contribution in [2.75, 3.05) is 7.11 Å². The van der Waals surface area contributed by atoms with Crippen LogP contribution < -0.4 is 4.74 Å². The summed E-state index contributed by atoms with van der Waals surface area (Å²) in [6.45, 7) is 0. The summed E-state index contributed by atoms with van der Waals surface area (Å²) < 4.78 is 4.67. The lowest BCUT2D eigenvalue weighted by Gasteiger charge is -1.99. The second-order valence-electron chi connectivity index (χ2n) is 1.75. The van der Waals surface area contributed by atoms with Gasteiger partial charge in [-0.15, -0.1) is 0 Å². The van der Waals surface area contributed by atoms with E-state index in [-0.39, 0.29) is 11.4 Å². The van der Waals surface area contributed by atoms with E-state index in [1.807, 2.05) is 0 Å². The number of aromatic nitrogens is 2. The van der Waals surface area contributed by atoms with Gasteiger partial charge in [-0.1, -0.05) is 0 Å². The number of ether oxygens (including phenoxy) is 1. The monoisotopic (exact) mass is 154 g/mol. The summed E-state index contributed by atoms with van der Waals surface area (Å²) in [6.07, 6.45) is 2.42. The molecular weight excluding hydrogens is 148 g/mol. The van der Waals surface area contributed by atoms with Crippen molar-refractivity contribution in [1.29, 1.82) is 0 Å². The van der Waals surface area contributed by atoms with Crippen LogP contribution in [0.4, 0.5) is 0 Å². The topological polar surface area (TPSA) is 72.3 Å². The van der Waals surface area contributed by atoms with Crippen LogP contribution in [0.5, 0.6) is 5.88 Å². The van der Waals surface area contributed by atoms with E-state index in [4.69, 9.17) is 5.11 Å². The molecule has 0 saturated heterocycles. The van der Waals surface area contributed by atoms with Crippen molar-refractivity contribution in [2.24, 2.45) is 0 Å². The minimum Gasteiger partial charge on any atom is -0.480 e. The first-order chi connectivity index (χ1) is 5.25. The van der Waals surface area contributed by atoms with E-state index in [0.717, 1.165) is 0 Å². The third-order valence-electron chi connectivity index (χ3n) is 1.10. The summed E-state index contributed by atoms with van der Waals surface area (Å²) in [4.78, 5) is 17.6. The molecule has 1 heterocycles. The van der Waals surface area contributed by atoms with Crippen molar-refractivity contribution in [1.82, 2.24) is 9.97 Å². The summed E-state index contributed by atoms with van der Waals surface area (Å²) in [5, 5.41) is 8.54. The van der Waals surface area contributed by atoms with Crippen LogP contribution in [-0.2, 0) is 0 Å². The van der Waals surface area contributed by atoms with Gasteiger partial charge in [0, 0.05) is 6.20 Å². The number of carbonyl (C=O) groups is 1. The van der Waals surface area contributed by atoms with Gasteiger partial charge in [0.05, 0.1) is 7.11 Å². The lowest BCUT2D eigenvalue weighted by molar-refractivity contribution is 0.0692. The van der Waals surface area contributed by atoms with Gasteiger partial charge in [0.15, 0.2) is 0 Å². The van der Waals surface area contributed by atoms with Crippen LogP contribution in [0, 0.1) is 0 Å². The Morgan fingerprint density at radius 3 is 2.91 bits per heavy atom. The maximum Gasteiger partial charge on any atom is 0.342 e. The van der Waals surface area contributed by atoms with Gasteiger partial charge in [-0.25, -0.2) is 14.8 Å². The van der Waals surface area contributed by atoms with Crippen molar-refractivity contribution in [2.45, 2.75) is 0 Å². The molecule has 1 aromatic heterocycles. The Hall–Kier alpha value is -1.65. The number of methoxy groups -OCH3 is 1. The van der Waals surface area contributed by atoms with Crippen LogP contribution in [0.3, 0.4) is 0 Å². The summed E-state index contributed by atoms with van der Waals surface area (Å²) in [6, 6.07) is 0. The first-order valence-corrected chi connectivity index (χ1v) is 2.83. The van der Waals surface area contributed by atoms with Crippen molar-refractivity contribution < 1.29 is 14.6 Å². The first-order valence-electron chi connectivity index (χ1n) is 2.83. The van der Waals surface area contributed by atoms with Gasteiger partial charge in [-0.05, 0) is 0 Å². The summed E-state index contributed by atoms with van der Waals surface area (Å²) in [5.74, 6) is -1.02. The fourth-order valence-electron chi connectivity index (χ4n) is 0.628. The number of aromatic carboxylic acids is 1. The molecule has 0 bridgehead atoms. The molecule has 0 aliphatic rings. The largest absolute Gasteiger partial charge is 0.480 e. The third-order valence-corrected chi connectivity index (χ3v) is 1.10. The van der Waals surface area contributed by atoms with Crippen LogP contribution >= 0.6 is 0 Å². The highest BCUT2D eigenvalue weighted by Crippen LogP contribution is 2.10. The molecule has 1 rings (SSSR count). The van der Waals surface area contributed by atoms with Gasteiger partial charge in [-0.3, -0.25) is 0 Å². The van der Waals surface area contributed by atoms with E-state index < -0.39 is 5.97 Å². The zero-order valence-electron chi connectivity index (χ0n) is 5.81. The molecule has 11 heavy (non-hydrogen) atoms. The van der Waals surface area contributed by atoms with Crippen LogP contribution in [0.25, 0.3) is 0 Å². The highest BCUT2D eigenvalue weighted by Gasteiger charge is 2.10. The Kier molecular flexibility index (Phi) is 2.00. The van der Waals surface area contributed by atoms with E-state index in [1.54, 1.807) is 0 Å². The number of hydrogen-bond donors (Lipinski definition) is 1. The van der Waals surface area contributed by atoms with Gasteiger partial charge in [-0.2, -0.15) is 0 Å². The molecule has 5 nitrogen and oxygen atoms in total. The molecule has 0 atom stereocenters. The van der Waals surface area contributed by atoms with E-state index in [9.17, 15) is 4.79 Å².